The number of benzene rings is 2. The Kier molecular flexibility index (Phi) is 8.73. The Morgan fingerprint density at radius 1 is 0.763 bits per heavy atom. The van der Waals surface area contributed by atoms with Crippen molar-refractivity contribution in [3.63, 3.8) is 0 Å². The first-order valence-electron chi connectivity index (χ1n) is 12.4. The molecular formula is C33H28IrN4-2. The van der Waals surface area contributed by atoms with Crippen LogP contribution in [0, 0.1) is 26.0 Å². The average Bonchev–Trinajstić information content (AvgIpc) is 2.93. The summed E-state index contributed by atoms with van der Waals surface area (Å²) in [7, 11) is 0. The summed E-state index contributed by atoms with van der Waals surface area (Å²) in [5, 5.41) is 4.69. The van der Waals surface area contributed by atoms with E-state index in [1.807, 2.05) is 74.8 Å². The number of hydrogen-bond acceptors (Lipinski definition) is 4. The Balaban J connectivity index is 0.000000218. The van der Waals surface area contributed by atoms with E-state index in [0.717, 1.165) is 45.0 Å². The van der Waals surface area contributed by atoms with Gasteiger partial charge in [-0.2, -0.15) is 11.6 Å². The fraction of sp³-hybridized carbons (Fsp3) is 0.152. The van der Waals surface area contributed by atoms with Gasteiger partial charge in [-0.15, -0.1) is 42.0 Å². The average molecular weight is 673 g/mol. The first-order valence-corrected chi connectivity index (χ1v) is 12.4. The molecule has 6 aromatic rings. The van der Waals surface area contributed by atoms with Gasteiger partial charge >= 0.3 is 0 Å². The third kappa shape index (κ3) is 5.85. The monoisotopic (exact) mass is 673 g/mol. The molecule has 0 bridgehead atoms. The molecule has 0 saturated heterocycles. The number of hydrogen-bond donors (Lipinski definition) is 0. The molecule has 0 spiro atoms. The number of nitrogens with zero attached hydrogens (tertiary/aromatic N) is 4. The minimum atomic E-state index is 0. The number of pyridine rings is 4. The largest absolute Gasteiger partial charge is 0.317 e. The molecule has 0 unspecified atom stereocenters. The van der Waals surface area contributed by atoms with Crippen LogP contribution in [0.3, 0.4) is 0 Å². The van der Waals surface area contributed by atoms with E-state index in [4.69, 9.17) is 0 Å². The summed E-state index contributed by atoms with van der Waals surface area (Å²) in [5.74, 6) is 0.358. The zero-order valence-corrected chi connectivity index (χ0v) is 24.3. The van der Waals surface area contributed by atoms with Gasteiger partial charge in [0, 0.05) is 44.1 Å². The van der Waals surface area contributed by atoms with Crippen LogP contribution in [0.15, 0.2) is 91.4 Å². The van der Waals surface area contributed by atoms with Crippen molar-refractivity contribution in [2.24, 2.45) is 0 Å². The van der Waals surface area contributed by atoms with Crippen molar-refractivity contribution in [3.05, 3.63) is 120 Å². The van der Waals surface area contributed by atoms with Gasteiger partial charge in [-0.05, 0) is 70.0 Å². The first kappa shape index (κ1) is 27.2. The molecule has 4 aromatic heterocycles. The molecule has 0 aliphatic carbocycles. The molecule has 0 aliphatic rings. The topological polar surface area (TPSA) is 51.6 Å². The predicted octanol–water partition coefficient (Wildman–Crippen LogP) is 7.93. The van der Waals surface area contributed by atoms with E-state index in [2.05, 4.69) is 70.2 Å². The standard InChI is InChI=1S/C22H20N3.C11H8N.Ir/c1-13(2)21-20-16(7-9-23-21)5-6-18-17(20)8-10-24-22(18)19-12-14(3)11-15(4)25-19;1-2-6-10(7-3-1)11-8-4-5-9-12-11;/h5-11,13H,1-4H3;1-6,8-9H;/q2*-1;. The van der Waals surface area contributed by atoms with Crippen LogP contribution in [-0.2, 0) is 20.1 Å². The first-order chi connectivity index (χ1) is 18.0. The second-order valence-electron chi connectivity index (χ2n) is 9.31. The summed E-state index contributed by atoms with van der Waals surface area (Å²) in [6.07, 6.45) is 5.54. The molecule has 4 nitrogen and oxygen atoms in total. The second-order valence-corrected chi connectivity index (χ2v) is 9.31. The van der Waals surface area contributed by atoms with E-state index in [0.29, 0.717) is 5.92 Å². The number of aromatic nitrogens is 4. The Morgan fingerprint density at radius 3 is 2.29 bits per heavy atom. The summed E-state index contributed by atoms with van der Waals surface area (Å²) in [5.41, 5.74) is 6.87. The fourth-order valence-electron chi connectivity index (χ4n) is 4.55. The molecule has 1 radical (unpaired) electrons. The maximum atomic E-state index is 4.66. The SMILES string of the molecule is Cc1[c-]c(-c2nccc3c2ccc2ccnc(C(C)C)c23)nc(C)c1.[Ir].[c-]1ccccc1-c1ccccn1. The minimum absolute atomic E-state index is 0. The van der Waals surface area contributed by atoms with Gasteiger partial charge in [0.2, 0.25) is 0 Å². The van der Waals surface area contributed by atoms with Crippen molar-refractivity contribution in [1.29, 1.82) is 0 Å². The number of fused-ring (bicyclic) bond motifs is 3. The van der Waals surface area contributed by atoms with Gasteiger partial charge in [-0.3, -0.25) is 9.97 Å². The molecule has 0 saturated carbocycles. The van der Waals surface area contributed by atoms with Crippen LogP contribution in [0.5, 0.6) is 0 Å². The summed E-state index contributed by atoms with van der Waals surface area (Å²) >= 11 is 0. The van der Waals surface area contributed by atoms with Crippen LogP contribution in [0.2, 0.25) is 0 Å². The van der Waals surface area contributed by atoms with Crippen molar-refractivity contribution in [2.45, 2.75) is 33.6 Å². The van der Waals surface area contributed by atoms with Crippen LogP contribution < -0.4 is 0 Å². The van der Waals surface area contributed by atoms with E-state index in [1.165, 1.54) is 16.2 Å². The molecule has 191 valence electrons. The van der Waals surface area contributed by atoms with E-state index in [9.17, 15) is 0 Å². The Morgan fingerprint density at radius 2 is 1.58 bits per heavy atom. The van der Waals surface area contributed by atoms with Gasteiger partial charge in [-0.1, -0.05) is 45.0 Å². The molecule has 2 aromatic carbocycles. The van der Waals surface area contributed by atoms with Crippen LogP contribution >= 0.6 is 0 Å². The maximum Gasteiger partial charge on any atom is 0.0513 e. The van der Waals surface area contributed by atoms with Crippen molar-refractivity contribution >= 4 is 21.5 Å². The van der Waals surface area contributed by atoms with Crippen LogP contribution in [0.1, 0.15) is 36.7 Å². The molecule has 0 N–H and O–H groups in total. The molecule has 0 aliphatic heterocycles. The van der Waals surface area contributed by atoms with E-state index < -0.39 is 0 Å². The van der Waals surface area contributed by atoms with E-state index in [1.54, 1.807) is 6.20 Å². The van der Waals surface area contributed by atoms with E-state index >= 15 is 0 Å². The molecule has 0 amide bonds. The van der Waals surface area contributed by atoms with Crippen molar-refractivity contribution < 1.29 is 20.1 Å². The smallest absolute Gasteiger partial charge is 0.0513 e. The van der Waals surface area contributed by atoms with Gasteiger partial charge in [0.1, 0.15) is 0 Å². The maximum absolute atomic E-state index is 4.66. The quantitative estimate of drug-likeness (QED) is 0.142. The van der Waals surface area contributed by atoms with Crippen LogP contribution in [0.4, 0.5) is 0 Å². The summed E-state index contributed by atoms with van der Waals surface area (Å²) < 4.78 is 0. The van der Waals surface area contributed by atoms with Gasteiger partial charge in [0.15, 0.2) is 0 Å². The second kappa shape index (κ2) is 12.2. The summed E-state index contributed by atoms with van der Waals surface area (Å²) in [6.45, 7) is 8.41. The molecular weight excluding hydrogens is 645 g/mol. The van der Waals surface area contributed by atoms with Gasteiger partial charge < -0.3 is 9.97 Å². The Hall–Kier alpha value is -3.79. The molecule has 38 heavy (non-hydrogen) atoms. The van der Waals surface area contributed by atoms with Gasteiger partial charge in [-0.25, -0.2) is 0 Å². The number of aryl methyl sites for hydroxylation is 2. The minimum Gasteiger partial charge on any atom is -0.317 e. The third-order valence-corrected chi connectivity index (χ3v) is 6.15. The molecule has 5 heteroatoms. The molecule has 0 fully saturated rings. The fourth-order valence-corrected chi connectivity index (χ4v) is 4.55. The predicted molar refractivity (Wildman–Crippen MR) is 151 cm³/mol. The zero-order chi connectivity index (χ0) is 25.8. The molecule has 0 atom stereocenters. The van der Waals surface area contributed by atoms with Crippen molar-refractivity contribution in [1.82, 2.24) is 19.9 Å². The van der Waals surface area contributed by atoms with E-state index in [-0.39, 0.29) is 20.1 Å². The van der Waals surface area contributed by atoms with Crippen LogP contribution in [-0.4, -0.2) is 19.9 Å². The summed E-state index contributed by atoms with van der Waals surface area (Å²) in [6, 6.07) is 30.6. The van der Waals surface area contributed by atoms with Gasteiger partial charge in [0.05, 0.1) is 5.69 Å². The van der Waals surface area contributed by atoms with Crippen LogP contribution in [0.25, 0.3) is 44.2 Å². The molecule has 6 rings (SSSR count). The number of rotatable bonds is 3. The Labute approximate surface area is 237 Å². The van der Waals surface area contributed by atoms with Crippen molar-refractivity contribution in [2.75, 3.05) is 0 Å². The van der Waals surface area contributed by atoms with Crippen molar-refractivity contribution in [3.8, 4) is 22.6 Å². The normalized spacial score (nSPS) is 10.7. The summed E-state index contributed by atoms with van der Waals surface area (Å²) in [4.78, 5) is 18.1. The van der Waals surface area contributed by atoms with Gasteiger partial charge in [0.25, 0.3) is 0 Å². The Bertz CT molecular complexity index is 1610. The third-order valence-electron chi connectivity index (χ3n) is 6.15. The zero-order valence-electron chi connectivity index (χ0n) is 21.9. The molecule has 4 heterocycles.